The normalized spacial score (nSPS) is 15.2. The summed E-state index contributed by atoms with van der Waals surface area (Å²) >= 11 is 7.39. The van der Waals surface area contributed by atoms with Crippen molar-refractivity contribution in [3.05, 3.63) is 64.4 Å². The fraction of sp³-hybridized carbons (Fsp3) is 0.222. The van der Waals surface area contributed by atoms with E-state index in [1.165, 1.54) is 15.8 Å². The molecule has 0 saturated carbocycles. The predicted octanol–water partition coefficient (Wildman–Crippen LogP) is 4.10. The second kappa shape index (κ2) is 5.51. The van der Waals surface area contributed by atoms with Gasteiger partial charge in [-0.25, -0.2) is 4.68 Å². The number of nitrogens with zero attached hydrogens (tertiary/aromatic N) is 4. The van der Waals surface area contributed by atoms with Crippen molar-refractivity contribution in [2.75, 3.05) is 6.54 Å². The van der Waals surface area contributed by atoms with Crippen molar-refractivity contribution >= 4 is 38.7 Å². The van der Waals surface area contributed by atoms with Crippen LogP contribution < -0.4 is 0 Å². The number of fused-ring (bicyclic) bond motifs is 4. The van der Waals surface area contributed by atoms with E-state index >= 15 is 0 Å². The summed E-state index contributed by atoms with van der Waals surface area (Å²) in [5.74, 6) is 0. The zero-order valence-corrected chi connectivity index (χ0v) is 14.7. The maximum absolute atomic E-state index is 5.70. The molecule has 0 spiro atoms. The first-order valence-electron chi connectivity index (χ1n) is 8.06. The van der Waals surface area contributed by atoms with Crippen LogP contribution >= 0.6 is 23.6 Å². The Hall–Kier alpha value is -2.02. The Morgan fingerprint density at radius 3 is 2.75 bits per heavy atom. The zero-order chi connectivity index (χ0) is 16.1. The maximum Gasteiger partial charge on any atom is 0.216 e. The van der Waals surface area contributed by atoms with Gasteiger partial charge in [-0.1, -0.05) is 47.7 Å². The van der Waals surface area contributed by atoms with Gasteiger partial charge in [-0.05, 0) is 41.9 Å². The highest BCUT2D eigenvalue weighted by Gasteiger charge is 2.18. The van der Waals surface area contributed by atoms with Gasteiger partial charge in [0, 0.05) is 13.1 Å². The van der Waals surface area contributed by atoms with E-state index in [1.807, 2.05) is 4.68 Å². The Labute approximate surface area is 148 Å². The molecule has 5 rings (SSSR count). The van der Waals surface area contributed by atoms with Gasteiger partial charge in [0.15, 0.2) is 0 Å². The molecule has 2 aromatic heterocycles. The molecule has 0 radical (unpaired) electrons. The number of aromatic nitrogens is 3. The summed E-state index contributed by atoms with van der Waals surface area (Å²) in [5, 5.41) is 4.75. The lowest BCUT2D eigenvalue weighted by molar-refractivity contribution is 0.188. The average Bonchev–Trinajstić information content (AvgIpc) is 3.12. The molecule has 2 aromatic carbocycles. The number of hydrogen-bond acceptors (Lipinski definition) is 4. The Balaban J connectivity index is 1.50. The minimum Gasteiger partial charge on any atom is -0.280 e. The third-order valence-electron chi connectivity index (χ3n) is 4.66. The molecule has 0 bridgehead atoms. The molecule has 6 heteroatoms. The molecular weight excluding hydrogens is 336 g/mol. The molecule has 120 valence electrons. The van der Waals surface area contributed by atoms with Crippen molar-refractivity contribution in [1.29, 1.82) is 0 Å². The fourth-order valence-corrected chi connectivity index (χ4v) is 4.81. The Morgan fingerprint density at radius 2 is 1.83 bits per heavy atom. The monoisotopic (exact) mass is 352 g/mol. The van der Waals surface area contributed by atoms with Crippen LogP contribution in [-0.4, -0.2) is 25.6 Å². The smallest absolute Gasteiger partial charge is 0.216 e. The molecule has 0 saturated heterocycles. The lowest BCUT2D eigenvalue weighted by atomic mass is 10.0. The largest absolute Gasteiger partial charge is 0.280 e. The summed E-state index contributed by atoms with van der Waals surface area (Å²) in [6, 6.07) is 17.0. The van der Waals surface area contributed by atoms with E-state index < -0.39 is 0 Å². The minimum atomic E-state index is 0.746. The van der Waals surface area contributed by atoms with Gasteiger partial charge in [0.1, 0.15) is 0 Å². The molecule has 0 unspecified atom stereocenters. The number of rotatable bonds is 2. The van der Waals surface area contributed by atoms with E-state index in [2.05, 4.69) is 57.8 Å². The van der Waals surface area contributed by atoms with Crippen LogP contribution in [-0.2, 0) is 19.6 Å². The molecule has 1 aliphatic rings. The topological polar surface area (TPSA) is 25.5 Å². The van der Waals surface area contributed by atoms with Crippen molar-refractivity contribution in [3.63, 3.8) is 0 Å². The van der Waals surface area contributed by atoms with Crippen LogP contribution in [0.25, 0.3) is 15.2 Å². The lowest BCUT2D eigenvalue weighted by Crippen LogP contribution is -2.32. The molecule has 0 aliphatic carbocycles. The molecule has 0 N–H and O–H groups in total. The van der Waals surface area contributed by atoms with E-state index in [0.717, 1.165) is 41.4 Å². The van der Waals surface area contributed by atoms with Crippen LogP contribution in [0.2, 0.25) is 0 Å². The van der Waals surface area contributed by atoms with Gasteiger partial charge in [0.05, 0.1) is 16.9 Å². The first kappa shape index (κ1) is 14.3. The highest BCUT2D eigenvalue weighted by atomic mass is 32.1. The zero-order valence-electron chi connectivity index (χ0n) is 13.1. The molecule has 1 aliphatic heterocycles. The van der Waals surface area contributed by atoms with E-state index in [1.54, 1.807) is 11.3 Å². The van der Waals surface area contributed by atoms with Gasteiger partial charge in [-0.15, -0.1) is 5.10 Å². The molecule has 0 amide bonds. The third-order valence-corrected chi connectivity index (χ3v) is 6.07. The van der Waals surface area contributed by atoms with E-state index in [9.17, 15) is 0 Å². The molecule has 24 heavy (non-hydrogen) atoms. The van der Waals surface area contributed by atoms with Crippen LogP contribution in [0.4, 0.5) is 0 Å². The Morgan fingerprint density at radius 1 is 1.04 bits per heavy atom. The Kier molecular flexibility index (Phi) is 3.29. The maximum atomic E-state index is 5.70. The molecule has 0 fully saturated rings. The van der Waals surface area contributed by atoms with Gasteiger partial charge in [0.2, 0.25) is 9.73 Å². The summed E-state index contributed by atoms with van der Waals surface area (Å²) in [5.41, 5.74) is 4.04. The van der Waals surface area contributed by atoms with Crippen LogP contribution in [0, 0.1) is 4.77 Å². The Bertz CT molecular complexity index is 1110. The number of benzene rings is 2. The summed E-state index contributed by atoms with van der Waals surface area (Å²) in [6.07, 6.45) is 1.09. The first-order valence-corrected chi connectivity index (χ1v) is 9.28. The molecule has 4 nitrogen and oxygen atoms in total. The molecule has 3 heterocycles. The van der Waals surface area contributed by atoms with Crippen molar-refractivity contribution in [3.8, 4) is 0 Å². The van der Waals surface area contributed by atoms with E-state index in [4.69, 9.17) is 17.3 Å². The van der Waals surface area contributed by atoms with Gasteiger partial charge >= 0.3 is 0 Å². The lowest BCUT2D eigenvalue weighted by Gasteiger charge is -2.28. The van der Waals surface area contributed by atoms with Crippen molar-refractivity contribution < 1.29 is 0 Å². The third kappa shape index (κ3) is 2.22. The SMILES string of the molecule is S=c1n(CN2CCc3ccccc3C2)nc2sc3ccccc3n12. The fourth-order valence-electron chi connectivity index (χ4n) is 3.44. The standard InChI is InChI=1S/C18H16N4S2/c23-18-21(12-20-10-9-13-5-1-2-6-14(13)11-20)19-17-22(18)15-7-3-4-8-16(15)24-17/h1-8H,9-12H2. The van der Waals surface area contributed by atoms with Gasteiger partial charge < -0.3 is 0 Å². The van der Waals surface area contributed by atoms with Crippen LogP contribution in [0.3, 0.4) is 0 Å². The van der Waals surface area contributed by atoms with Gasteiger partial charge in [-0.2, -0.15) is 0 Å². The highest BCUT2D eigenvalue weighted by molar-refractivity contribution is 7.71. The average molecular weight is 352 g/mol. The molecule has 4 aromatic rings. The van der Waals surface area contributed by atoms with Crippen LogP contribution in [0.5, 0.6) is 0 Å². The molecule has 0 atom stereocenters. The highest BCUT2D eigenvalue weighted by Crippen LogP contribution is 2.26. The summed E-state index contributed by atoms with van der Waals surface area (Å²) in [7, 11) is 0. The first-order chi connectivity index (χ1) is 11.8. The van der Waals surface area contributed by atoms with E-state index in [-0.39, 0.29) is 0 Å². The van der Waals surface area contributed by atoms with Crippen molar-refractivity contribution in [2.24, 2.45) is 0 Å². The number of para-hydroxylation sites is 1. The minimum absolute atomic E-state index is 0.746. The molecular formula is C18H16N4S2. The van der Waals surface area contributed by atoms with Crippen molar-refractivity contribution in [2.45, 2.75) is 19.6 Å². The predicted molar refractivity (Wildman–Crippen MR) is 100.0 cm³/mol. The summed E-state index contributed by atoms with van der Waals surface area (Å²) in [6.45, 7) is 2.75. The van der Waals surface area contributed by atoms with Crippen LogP contribution in [0.1, 0.15) is 11.1 Å². The van der Waals surface area contributed by atoms with Gasteiger partial charge in [-0.3, -0.25) is 9.30 Å². The summed E-state index contributed by atoms with van der Waals surface area (Å²) in [4.78, 5) is 3.39. The second-order valence-corrected chi connectivity index (χ2v) is 7.56. The quantitative estimate of drug-likeness (QED) is 0.508. The number of hydrogen-bond donors (Lipinski definition) is 0. The van der Waals surface area contributed by atoms with E-state index in [0.29, 0.717) is 0 Å². The van der Waals surface area contributed by atoms with Crippen LogP contribution in [0.15, 0.2) is 48.5 Å². The van der Waals surface area contributed by atoms with Crippen molar-refractivity contribution in [1.82, 2.24) is 19.1 Å². The second-order valence-electron chi connectivity index (χ2n) is 6.18. The van der Waals surface area contributed by atoms with Gasteiger partial charge in [0.25, 0.3) is 0 Å². The summed E-state index contributed by atoms with van der Waals surface area (Å²) < 4.78 is 6.06. The number of thiazole rings is 1.